The van der Waals surface area contributed by atoms with E-state index in [0.29, 0.717) is 12.5 Å². The van der Waals surface area contributed by atoms with Gasteiger partial charge < -0.3 is 20.6 Å². The number of hydrogen-bond donors (Lipinski definition) is 2. The Hall–Kier alpha value is -1.10. The van der Waals surface area contributed by atoms with Crippen molar-refractivity contribution in [2.24, 2.45) is 17.1 Å². The number of carbonyl (C=O) groups is 2. The van der Waals surface area contributed by atoms with Crippen LogP contribution in [0.15, 0.2) is 0 Å². The molecule has 0 heterocycles. The van der Waals surface area contributed by atoms with Crippen molar-refractivity contribution in [1.29, 1.82) is 0 Å². The van der Waals surface area contributed by atoms with Crippen molar-refractivity contribution in [2.75, 3.05) is 6.54 Å². The van der Waals surface area contributed by atoms with Crippen LogP contribution in [0.4, 0.5) is 4.79 Å². The number of amides is 1. The van der Waals surface area contributed by atoms with Gasteiger partial charge in [0.15, 0.2) is 0 Å². The Kier molecular flexibility index (Phi) is 5.57. The standard InChI is InChI=1S/C15H28N2O3/c1-11(17-13(19)20-14(2,3)4)12-5-7-15(9-16,10-18)8-6-12/h10-12H,5-9,16H2,1-4H3,(H,17,19). The Morgan fingerprint density at radius 2 is 2.00 bits per heavy atom. The van der Waals surface area contributed by atoms with E-state index >= 15 is 0 Å². The Morgan fingerprint density at radius 1 is 1.45 bits per heavy atom. The molecule has 0 bridgehead atoms. The average molecular weight is 284 g/mol. The van der Waals surface area contributed by atoms with Crippen LogP contribution >= 0.6 is 0 Å². The monoisotopic (exact) mass is 284 g/mol. The lowest BCUT2D eigenvalue weighted by Crippen LogP contribution is -2.44. The zero-order valence-electron chi connectivity index (χ0n) is 13.1. The smallest absolute Gasteiger partial charge is 0.407 e. The van der Waals surface area contributed by atoms with E-state index in [4.69, 9.17) is 10.5 Å². The van der Waals surface area contributed by atoms with Crippen molar-refractivity contribution in [3.05, 3.63) is 0 Å². The van der Waals surface area contributed by atoms with E-state index in [2.05, 4.69) is 5.32 Å². The summed E-state index contributed by atoms with van der Waals surface area (Å²) >= 11 is 0. The third-order valence-electron chi connectivity index (χ3n) is 4.13. The molecule has 0 aromatic rings. The predicted octanol–water partition coefficient (Wildman–Crippen LogP) is 2.23. The molecule has 0 saturated heterocycles. The van der Waals surface area contributed by atoms with Crippen LogP contribution in [0.2, 0.25) is 0 Å². The molecule has 3 N–H and O–H groups in total. The molecule has 116 valence electrons. The Balaban J connectivity index is 2.45. The molecule has 1 saturated carbocycles. The molecule has 0 spiro atoms. The lowest BCUT2D eigenvalue weighted by atomic mass is 9.70. The highest BCUT2D eigenvalue weighted by Crippen LogP contribution is 2.37. The summed E-state index contributed by atoms with van der Waals surface area (Å²) in [6.07, 6.45) is 4.06. The van der Waals surface area contributed by atoms with E-state index in [1.54, 1.807) is 0 Å². The van der Waals surface area contributed by atoms with Crippen LogP contribution in [0.3, 0.4) is 0 Å². The molecular formula is C15H28N2O3. The fourth-order valence-corrected chi connectivity index (χ4v) is 2.70. The van der Waals surface area contributed by atoms with E-state index in [1.807, 2.05) is 27.7 Å². The van der Waals surface area contributed by atoms with Crippen LogP contribution in [0.5, 0.6) is 0 Å². The van der Waals surface area contributed by atoms with Crippen LogP contribution in [-0.2, 0) is 9.53 Å². The molecule has 1 atom stereocenters. The zero-order chi connectivity index (χ0) is 15.4. The molecule has 1 unspecified atom stereocenters. The molecule has 1 fully saturated rings. The van der Waals surface area contributed by atoms with Gasteiger partial charge in [-0.3, -0.25) is 0 Å². The van der Waals surface area contributed by atoms with E-state index < -0.39 is 5.60 Å². The highest BCUT2D eigenvalue weighted by Gasteiger charge is 2.36. The summed E-state index contributed by atoms with van der Waals surface area (Å²) in [5, 5.41) is 2.89. The molecule has 1 aliphatic carbocycles. The van der Waals surface area contributed by atoms with E-state index in [0.717, 1.165) is 32.0 Å². The third kappa shape index (κ3) is 4.78. The van der Waals surface area contributed by atoms with E-state index in [1.165, 1.54) is 0 Å². The summed E-state index contributed by atoms with van der Waals surface area (Å²) in [5.74, 6) is 0.377. The van der Waals surface area contributed by atoms with Crippen LogP contribution < -0.4 is 11.1 Å². The number of rotatable bonds is 4. The van der Waals surface area contributed by atoms with Gasteiger partial charge in [0.25, 0.3) is 0 Å². The molecule has 20 heavy (non-hydrogen) atoms. The molecule has 1 rings (SSSR count). The molecule has 0 radical (unpaired) electrons. The zero-order valence-corrected chi connectivity index (χ0v) is 13.1. The summed E-state index contributed by atoms with van der Waals surface area (Å²) in [6.45, 7) is 7.94. The first-order valence-electron chi connectivity index (χ1n) is 7.37. The predicted molar refractivity (Wildman–Crippen MR) is 78.3 cm³/mol. The van der Waals surface area contributed by atoms with Crippen LogP contribution in [0, 0.1) is 11.3 Å². The summed E-state index contributed by atoms with van der Waals surface area (Å²) in [7, 11) is 0. The van der Waals surface area contributed by atoms with Gasteiger partial charge in [-0.15, -0.1) is 0 Å². The molecule has 5 nitrogen and oxygen atoms in total. The van der Waals surface area contributed by atoms with Gasteiger partial charge in [-0.1, -0.05) is 0 Å². The van der Waals surface area contributed by atoms with Gasteiger partial charge in [0.2, 0.25) is 0 Å². The van der Waals surface area contributed by atoms with Crippen molar-refractivity contribution >= 4 is 12.4 Å². The molecule has 0 aromatic carbocycles. The highest BCUT2D eigenvalue weighted by atomic mass is 16.6. The van der Waals surface area contributed by atoms with Crippen LogP contribution in [0.25, 0.3) is 0 Å². The van der Waals surface area contributed by atoms with Crippen molar-refractivity contribution in [3.63, 3.8) is 0 Å². The van der Waals surface area contributed by atoms with Crippen molar-refractivity contribution < 1.29 is 14.3 Å². The van der Waals surface area contributed by atoms with Crippen LogP contribution in [0.1, 0.15) is 53.4 Å². The SMILES string of the molecule is CC(NC(=O)OC(C)(C)C)C1CCC(C=O)(CN)CC1. The number of aldehydes is 1. The normalized spacial score (nSPS) is 28.6. The molecule has 0 aromatic heterocycles. The van der Waals surface area contributed by atoms with E-state index in [-0.39, 0.29) is 17.6 Å². The summed E-state index contributed by atoms with van der Waals surface area (Å²) in [6, 6.07) is 0.0484. The Labute approximate surface area is 121 Å². The highest BCUT2D eigenvalue weighted by molar-refractivity contribution is 5.68. The maximum Gasteiger partial charge on any atom is 0.407 e. The molecule has 1 aliphatic rings. The lowest BCUT2D eigenvalue weighted by Gasteiger charge is -2.37. The van der Waals surface area contributed by atoms with E-state index in [9.17, 15) is 9.59 Å². The number of nitrogens with two attached hydrogens (primary N) is 1. The number of hydrogen-bond acceptors (Lipinski definition) is 4. The number of carbonyl (C=O) groups excluding carboxylic acids is 2. The van der Waals surface area contributed by atoms with Gasteiger partial charge in [-0.2, -0.15) is 0 Å². The fraction of sp³-hybridized carbons (Fsp3) is 0.867. The number of nitrogens with one attached hydrogen (secondary N) is 1. The maximum absolute atomic E-state index is 11.7. The van der Waals surface area contributed by atoms with Crippen LogP contribution in [-0.4, -0.2) is 30.6 Å². The quantitative estimate of drug-likeness (QED) is 0.776. The maximum atomic E-state index is 11.7. The largest absolute Gasteiger partial charge is 0.444 e. The van der Waals surface area contributed by atoms with Gasteiger partial charge in [0.05, 0.1) is 0 Å². The Morgan fingerprint density at radius 3 is 2.40 bits per heavy atom. The second kappa shape index (κ2) is 6.57. The molecule has 1 amide bonds. The van der Waals surface area contributed by atoms with Gasteiger partial charge in [-0.05, 0) is 59.3 Å². The van der Waals surface area contributed by atoms with Crippen molar-refractivity contribution in [2.45, 2.75) is 65.0 Å². The second-order valence-corrected chi connectivity index (χ2v) is 6.96. The second-order valence-electron chi connectivity index (χ2n) is 6.96. The topological polar surface area (TPSA) is 81.4 Å². The fourth-order valence-electron chi connectivity index (χ4n) is 2.70. The summed E-state index contributed by atoms with van der Waals surface area (Å²) < 4.78 is 5.26. The first-order chi connectivity index (χ1) is 9.21. The first kappa shape index (κ1) is 17.0. The van der Waals surface area contributed by atoms with Crippen molar-refractivity contribution in [3.8, 4) is 0 Å². The number of alkyl carbamates (subject to hydrolysis) is 1. The summed E-state index contributed by atoms with van der Waals surface area (Å²) in [4.78, 5) is 22.9. The Bertz CT molecular complexity index is 342. The average Bonchev–Trinajstić information content (AvgIpc) is 2.36. The summed E-state index contributed by atoms with van der Waals surface area (Å²) in [5.41, 5.74) is 4.87. The van der Waals surface area contributed by atoms with Gasteiger partial charge in [0, 0.05) is 18.0 Å². The molecule has 5 heteroatoms. The minimum atomic E-state index is -0.484. The minimum absolute atomic E-state index is 0.0484. The minimum Gasteiger partial charge on any atom is -0.444 e. The van der Waals surface area contributed by atoms with Gasteiger partial charge in [-0.25, -0.2) is 4.79 Å². The molecular weight excluding hydrogens is 256 g/mol. The van der Waals surface area contributed by atoms with Crippen molar-refractivity contribution in [1.82, 2.24) is 5.32 Å². The van der Waals surface area contributed by atoms with Gasteiger partial charge >= 0.3 is 6.09 Å². The third-order valence-corrected chi connectivity index (χ3v) is 4.13. The lowest BCUT2D eigenvalue weighted by molar-refractivity contribution is -0.117. The number of ether oxygens (including phenoxy) is 1. The first-order valence-corrected chi connectivity index (χ1v) is 7.37. The molecule has 0 aliphatic heterocycles. The van der Waals surface area contributed by atoms with Gasteiger partial charge in [0.1, 0.15) is 11.9 Å².